The first-order chi connectivity index (χ1) is 2.64. The molecule has 0 aromatic rings. The number of aliphatic hydroxyl groups excluding tert-OH is 1. The van der Waals surface area contributed by atoms with E-state index in [1.807, 2.05) is 0 Å². The standard InChI is InChI=1S/C3H4B2O/c1-2(6)3(4)5/h6H,1H3. The van der Waals surface area contributed by atoms with Gasteiger partial charge >= 0.3 is 0 Å². The molecular formula is C3H4B2O. The van der Waals surface area contributed by atoms with Gasteiger partial charge in [0.1, 0.15) is 0 Å². The van der Waals surface area contributed by atoms with Crippen molar-refractivity contribution in [3.8, 4) is 0 Å². The van der Waals surface area contributed by atoms with E-state index in [0.717, 1.165) is 0 Å². The molecule has 1 N–H and O–H groups in total. The predicted octanol–water partition coefficient (Wildman–Crippen LogP) is 0.0704. The average molecular weight is 77.7 g/mol. The number of aliphatic hydroxyl groups is 1. The molecule has 0 aliphatic carbocycles. The van der Waals surface area contributed by atoms with Gasteiger partial charge in [0.15, 0.2) is 0 Å². The van der Waals surface area contributed by atoms with Crippen molar-refractivity contribution in [1.29, 1.82) is 0 Å². The summed E-state index contributed by atoms with van der Waals surface area (Å²) in [4.78, 5) is 0. The molecule has 0 atom stereocenters. The van der Waals surface area contributed by atoms with Crippen LogP contribution in [0.4, 0.5) is 0 Å². The van der Waals surface area contributed by atoms with Crippen LogP contribution in [0.2, 0.25) is 0 Å². The minimum absolute atomic E-state index is 0.0185. The second-order valence-corrected chi connectivity index (χ2v) is 1.04. The van der Waals surface area contributed by atoms with Gasteiger partial charge < -0.3 is 5.11 Å². The van der Waals surface area contributed by atoms with E-state index in [1.54, 1.807) is 0 Å². The van der Waals surface area contributed by atoms with E-state index >= 15 is 0 Å². The Morgan fingerprint density at radius 3 is 1.67 bits per heavy atom. The molecule has 0 aromatic carbocycles. The largest absolute Gasteiger partial charge is 0.514 e. The van der Waals surface area contributed by atoms with Crippen molar-refractivity contribution in [3.05, 3.63) is 11.1 Å². The number of hydrogen-bond donors (Lipinski definition) is 1. The van der Waals surface area contributed by atoms with Gasteiger partial charge in [-0.05, 0) is 6.92 Å². The van der Waals surface area contributed by atoms with Gasteiger partial charge in [0.2, 0.25) is 0 Å². The molecule has 4 radical (unpaired) electrons. The molecule has 1 nitrogen and oxygen atoms in total. The summed E-state index contributed by atoms with van der Waals surface area (Å²) in [6.45, 7) is 1.43. The van der Waals surface area contributed by atoms with Crippen molar-refractivity contribution in [2.24, 2.45) is 0 Å². The van der Waals surface area contributed by atoms with Crippen molar-refractivity contribution in [1.82, 2.24) is 0 Å². The summed E-state index contributed by atoms with van der Waals surface area (Å²) in [7, 11) is 9.69. The van der Waals surface area contributed by atoms with Crippen LogP contribution in [0, 0.1) is 0 Å². The van der Waals surface area contributed by atoms with E-state index in [0.29, 0.717) is 0 Å². The Morgan fingerprint density at radius 2 is 1.67 bits per heavy atom. The van der Waals surface area contributed by atoms with Crippen LogP contribution in [0.3, 0.4) is 0 Å². The van der Waals surface area contributed by atoms with Crippen molar-refractivity contribution >= 4 is 15.7 Å². The molecule has 3 heteroatoms. The van der Waals surface area contributed by atoms with E-state index in [9.17, 15) is 0 Å². The van der Waals surface area contributed by atoms with E-state index in [1.165, 1.54) is 6.92 Å². The maximum atomic E-state index is 8.26. The molecule has 0 saturated heterocycles. The Kier molecular flexibility index (Phi) is 1.85. The van der Waals surface area contributed by atoms with Gasteiger partial charge in [-0.3, -0.25) is 0 Å². The lowest BCUT2D eigenvalue weighted by molar-refractivity contribution is 0.414. The Morgan fingerprint density at radius 1 is 1.50 bits per heavy atom. The minimum Gasteiger partial charge on any atom is -0.514 e. The maximum Gasteiger partial charge on any atom is 0.0968 e. The highest BCUT2D eigenvalue weighted by atomic mass is 16.3. The van der Waals surface area contributed by atoms with E-state index < -0.39 is 0 Å². The fraction of sp³-hybridized carbons (Fsp3) is 0.333. The fourth-order valence-electron chi connectivity index (χ4n) is 0. The summed E-state index contributed by atoms with van der Waals surface area (Å²) < 4.78 is 0. The average Bonchev–Trinajstić information content (AvgIpc) is 1.36. The zero-order chi connectivity index (χ0) is 5.15. The van der Waals surface area contributed by atoms with Crippen LogP contribution in [-0.2, 0) is 0 Å². The van der Waals surface area contributed by atoms with Gasteiger partial charge in [0, 0.05) is 0 Å². The number of allylic oxidation sites excluding steroid dienone is 1. The molecule has 0 aromatic heterocycles. The molecule has 0 rings (SSSR count). The summed E-state index contributed by atoms with van der Waals surface area (Å²) in [5, 5.41) is 8.24. The number of rotatable bonds is 0. The summed E-state index contributed by atoms with van der Waals surface area (Å²) in [5.41, 5.74) is 0. The first-order valence-corrected chi connectivity index (χ1v) is 1.55. The van der Waals surface area contributed by atoms with Crippen LogP contribution in [0.15, 0.2) is 11.1 Å². The smallest absolute Gasteiger partial charge is 0.0968 e. The summed E-state index contributed by atoms with van der Waals surface area (Å²) >= 11 is 0. The fourth-order valence-corrected chi connectivity index (χ4v) is 0. The highest BCUT2D eigenvalue weighted by Gasteiger charge is 1.78. The molecule has 0 unspecified atom stereocenters. The van der Waals surface area contributed by atoms with Gasteiger partial charge in [0.25, 0.3) is 0 Å². The monoisotopic (exact) mass is 78.0 g/mol. The van der Waals surface area contributed by atoms with Gasteiger partial charge in [0.05, 0.1) is 21.5 Å². The molecule has 28 valence electrons. The van der Waals surface area contributed by atoms with Crippen LogP contribution in [0.1, 0.15) is 6.92 Å². The summed E-state index contributed by atoms with van der Waals surface area (Å²) in [6.07, 6.45) is 0. The summed E-state index contributed by atoms with van der Waals surface area (Å²) in [5.74, 6) is -0.0185. The van der Waals surface area contributed by atoms with Crippen LogP contribution < -0.4 is 0 Å². The van der Waals surface area contributed by atoms with Crippen LogP contribution in [0.5, 0.6) is 0 Å². The lowest BCUT2D eigenvalue weighted by Gasteiger charge is -1.88. The molecule has 0 fully saturated rings. The molecule has 6 heavy (non-hydrogen) atoms. The minimum atomic E-state index is -0.0185. The normalized spacial score (nSPS) is 7.50. The topological polar surface area (TPSA) is 20.2 Å². The highest BCUT2D eigenvalue weighted by molar-refractivity contribution is 6.48. The predicted molar refractivity (Wildman–Crippen MR) is 26.8 cm³/mol. The molecular weight excluding hydrogens is 73.7 g/mol. The first kappa shape index (κ1) is 5.67. The third kappa shape index (κ3) is 1.94. The van der Waals surface area contributed by atoms with E-state index in [-0.39, 0.29) is 11.1 Å². The van der Waals surface area contributed by atoms with Gasteiger partial charge in [-0.15, -0.1) is 5.37 Å². The lowest BCUT2D eigenvalue weighted by Crippen LogP contribution is -1.83. The van der Waals surface area contributed by atoms with Crippen molar-refractivity contribution in [3.63, 3.8) is 0 Å². The zero-order valence-corrected chi connectivity index (χ0v) is 3.60. The van der Waals surface area contributed by atoms with Crippen LogP contribution in [-0.4, -0.2) is 20.8 Å². The van der Waals surface area contributed by atoms with Gasteiger partial charge in [-0.25, -0.2) is 0 Å². The second kappa shape index (κ2) is 1.96. The SMILES string of the molecule is [B]C([B])=C(C)O. The molecule has 0 aliphatic rings. The maximum absolute atomic E-state index is 8.26. The van der Waals surface area contributed by atoms with E-state index in [2.05, 4.69) is 0 Å². The molecule has 0 saturated carbocycles. The third-order valence-corrected chi connectivity index (χ3v) is 0.418. The lowest BCUT2D eigenvalue weighted by atomic mass is 9.78. The van der Waals surface area contributed by atoms with Crippen LogP contribution >= 0.6 is 0 Å². The third-order valence-electron chi connectivity index (χ3n) is 0.418. The van der Waals surface area contributed by atoms with Crippen molar-refractivity contribution in [2.45, 2.75) is 6.92 Å². The second-order valence-electron chi connectivity index (χ2n) is 1.04. The van der Waals surface area contributed by atoms with E-state index in [4.69, 9.17) is 20.8 Å². The van der Waals surface area contributed by atoms with Gasteiger partial charge in [-0.2, -0.15) is 0 Å². The molecule has 0 aliphatic heterocycles. The Bertz CT molecular complexity index is 58.9. The molecule has 0 bridgehead atoms. The van der Waals surface area contributed by atoms with Crippen LogP contribution in [0.25, 0.3) is 0 Å². The quantitative estimate of drug-likeness (QED) is 0.321. The summed E-state index contributed by atoms with van der Waals surface area (Å²) in [6, 6.07) is 0. The molecule has 0 heterocycles. The first-order valence-electron chi connectivity index (χ1n) is 1.55. The Balaban J connectivity index is 3.68. The highest BCUT2D eigenvalue weighted by Crippen LogP contribution is 1.85. The number of hydrogen-bond acceptors (Lipinski definition) is 1. The molecule has 0 spiro atoms. The van der Waals surface area contributed by atoms with Crippen molar-refractivity contribution in [2.75, 3.05) is 0 Å². The Hall–Kier alpha value is -0.330. The zero-order valence-electron chi connectivity index (χ0n) is 3.60. The Labute approximate surface area is 39.9 Å². The van der Waals surface area contributed by atoms with Gasteiger partial charge in [-0.1, -0.05) is 0 Å². The molecule has 0 amide bonds. The van der Waals surface area contributed by atoms with Crippen molar-refractivity contribution < 1.29 is 5.11 Å².